The maximum atomic E-state index is 5.23. The first-order chi connectivity index (χ1) is 30.7. The molecule has 0 aliphatic carbocycles. The predicted octanol–water partition coefficient (Wildman–Crippen LogP) is 14.4. The van der Waals surface area contributed by atoms with Gasteiger partial charge >= 0.3 is 0 Å². The summed E-state index contributed by atoms with van der Waals surface area (Å²) in [5.74, 6) is 1.85. The minimum Gasteiger partial charge on any atom is -0.317 e. The summed E-state index contributed by atoms with van der Waals surface area (Å²) >= 11 is 0. The highest BCUT2D eigenvalue weighted by Gasteiger charge is 2.18. The number of hydrogen-bond acceptors (Lipinski definition) is 3. The zero-order valence-corrected chi connectivity index (χ0v) is 33.6. The highest BCUT2D eigenvalue weighted by Crippen LogP contribution is 2.39. The molecule has 5 nitrogen and oxygen atoms in total. The molecule has 0 fully saturated rings. The minimum absolute atomic E-state index is 0.609. The smallest absolute Gasteiger partial charge is 0.164 e. The molecule has 0 spiro atoms. The lowest BCUT2D eigenvalue weighted by Gasteiger charge is -2.13. The molecule has 0 bridgehead atoms. The van der Waals surface area contributed by atoms with Crippen molar-refractivity contribution in [2.45, 2.75) is 0 Å². The maximum absolute atomic E-state index is 5.23. The zero-order chi connectivity index (χ0) is 41.0. The van der Waals surface area contributed by atoms with Gasteiger partial charge in [-0.2, -0.15) is 0 Å². The highest BCUT2D eigenvalue weighted by atomic mass is 15.0. The number of nitrogens with zero attached hydrogens (tertiary/aromatic N) is 5. The van der Waals surface area contributed by atoms with E-state index in [4.69, 9.17) is 15.0 Å². The van der Waals surface area contributed by atoms with Crippen LogP contribution < -0.4 is 0 Å². The molecule has 0 unspecified atom stereocenters. The van der Waals surface area contributed by atoms with Crippen LogP contribution in [0.5, 0.6) is 0 Å². The molecular weight excluding hydrogens is 755 g/mol. The Kier molecular flexibility index (Phi) is 8.42. The van der Waals surface area contributed by atoms with Crippen LogP contribution >= 0.6 is 0 Å². The molecule has 3 heterocycles. The highest BCUT2D eigenvalue weighted by molar-refractivity contribution is 6.18. The fourth-order valence-electron chi connectivity index (χ4n) is 8.99. The van der Waals surface area contributed by atoms with Gasteiger partial charge in [0.2, 0.25) is 0 Å². The number of fused-ring (bicyclic) bond motifs is 6. The molecule has 290 valence electrons. The van der Waals surface area contributed by atoms with E-state index >= 15 is 0 Å². The van der Waals surface area contributed by atoms with Gasteiger partial charge in [-0.25, -0.2) is 15.0 Å². The predicted molar refractivity (Wildman–Crippen MR) is 256 cm³/mol. The summed E-state index contributed by atoms with van der Waals surface area (Å²) in [6, 6.07) is 77.1. The molecule has 62 heavy (non-hydrogen) atoms. The Morgan fingerprint density at radius 2 is 0.774 bits per heavy atom. The van der Waals surface area contributed by atoms with Crippen molar-refractivity contribution in [3.63, 3.8) is 0 Å². The lowest BCUT2D eigenvalue weighted by atomic mass is 10.0. The van der Waals surface area contributed by atoms with Crippen LogP contribution in [-0.2, 0) is 0 Å². The third-order valence-corrected chi connectivity index (χ3v) is 12.0. The van der Waals surface area contributed by atoms with Crippen LogP contribution in [0.15, 0.2) is 225 Å². The molecule has 0 amide bonds. The van der Waals surface area contributed by atoms with E-state index in [9.17, 15) is 0 Å². The van der Waals surface area contributed by atoms with Gasteiger partial charge in [0.25, 0.3) is 0 Å². The van der Waals surface area contributed by atoms with Gasteiger partial charge in [0.1, 0.15) is 0 Å². The lowest BCUT2D eigenvalue weighted by molar-refractivity contribution is 1.07. The molecule has 3 aromatic heterocycles. The average molecular weight is 792 g/mol. The van der Waals surface area contributed by atoms with Crippen LogP contribution in [0.4, 0.5) is 0 Å². The first-order valence-corrected chi connectivity index (χ1v) is 20.9. The molecule has 0 saturated carbocycles. The normalized spacial score (nSPS) is 11.5. The zero-order valence-electron chi connectivity index (χ0n) is 33.6. The van der Waals surface area contributed by atoms with E-state index in [1.54, 1.807) is 0 Å². The summed E-state index contributed by atoms with van der Waals surface area (Å²) < 4.78 is 4.65. The van der Waals surface area contributed by atoms with Crippen LogP contribution in [0.25, 0.3) is 111 Å². The van der Waals surface area contributed by atoms with E-state index in [2.05, 4.69) is 222 Å². The van der Waals surface area contributed by atoms with Crippen molar-refractivity contribution < 1.29 is 0 Å². The Hall–Kier alpha value is -8.41. The van der Waals surface area contributed by atoms with Gasteiger partial charge in [-0.3, -0.25) is 0 Å². The van der Waals surface area contributed by atoms with Gasteiger partial charge in [0.15, 0.2) is 17.5 Å². The number of para-hydroxylation sites is 2. The van der Waals surface area contributed by atoms with Gasteiger partial charge in [-0.05, 0) is 99.8 Å². The molecule has 0 N–H and O–H groups in total. The quantitative estimate of drug-likeness (QED) is 0.162. The van der Waals surface area contributed by atoms with E-state index in [0.29, 0.717) is 17.5 Å². The van der Waals surface area contributed by atoms with Crippen LogP contribution in [0.2, 0.25) is 0 Å². The SMILES string of the molecule is c1ccc(-c2cccc(-c3nc(-c4cccc(-c5ccccc5)c4)nc(-c4cccc(-n5c6ccccc6c6cc7ccc8c(ccn8-c8ccccc8)c7cc65)c4)n3)c2)cc1. The van der Waals surface area contributed by atoms with Crippen molar-refractivity contribution in [2.75, 3.05) is 0 Å². The fraction of sp³-hybridized carbons (Fsp3) is 0. The second-order valence-electron chi connectivity index (χ2n) is 15.7. The van der Waals surface area contributed by atoms with Gasteiger partial charge in [0.05, 0.1) is 16.6 Å². The van der Waals surface area contributed by atoms with Crippen molar-refractivity contribution in [1.82, 2.24) is 24.1 Å². The Balaban J connectivity index is 1.04. The van der Waals surface area contributed by atoms with Crippen molar-refractivity contribution in [2.24, 2.45) is 0 Å². The molecule has 0 aliphatic rings. The van der Waals surface area contributed by atoms with Crippen LogP contribution in [-0.4, -0.2) is 24.1 Å². The van der Waals surface area contributed by atoms with E-state index in [0.717, 1.165) is 61.4 Å². The molecule has 12 aromatic rings. The van der Waals surface area contributed by atoms with Gasteiger partial charge in [-0.15, -0.1) is 0 Å². The molecule has 0 radical (unpaired) electrons. The number of hydrogen-bond donors (Lipinski definition) is 0. The first kappa shape index (κ1) is 35.5. The van der Waals surface area contributed by atoms with Crippen molar-refractivity contribution >= 4 is 43.5 Å². The van der Waals surface area contributed by atoms with Gasteiger partial charge < -0.3 is 9.13 Å². The Bertz CT molecular complexity index is 3520. The number of rotatable bonds is 7. The van der Waals surface area contributed by atoms with Crippen LogP contribution in [0.1, 0.15) is 0 Å². The van der Waals surface area contributed by atoms with Crippen molar-refractivity contribution in [3.05, 3.63) is 225 Å². The van der Waals surface area contributed by atoms with E-state index < -0.39 is 0 Å². The van der Waals surface area contributed by atoms with Crippen LogP contribution in [0, 0.1) is 0 Å². The first-order valence-electron chi connectivity index (χ1n) is 20.9. The van der Waals surface area contributed by atoms with Crippen molar-refractivity contribution in [1.29, 1.82) is 0 Å². The number of aromatic nitrogens is 5. The van der Waals surface area contributed by atoms with Gasteiger partial charge in [0, 0.05) is 50.4 Å². The monoisotopic (exact) mass is 791 g/mol. The summed E-state index contributed by atoms with van der Waals surface area (Å²) in [6.07, 6.45) is 2.18. The maximum Gasteiger partial charge on any atom is 0.164 e. The van der Waals surface area contributed by atoms with E-state index in [-0.39, 0.29) is 0 Å². The number of benzene rings is 9. The third-order valence-electron chi connectivity index (χ3n) is 12.0. The molecule has 5 heteroatoms. The molecule has 12 rings (SSSR count). The second kappa shape index (κ2) is 14.7. The van der Waals surface area contributed by atoms with Gasteiger partial charge in [-0.1, -0.05) is 152 Å². The largest absolute Gasteiger partial charge is 0.317 e. The topological polar surface area (TPSA) is 48.5 Å². The summed E-state index contributed by atoms with van der Waals surface area (Å²) in [4.78, 5) is 15.6. The average Bonchev–Trinajstić information content (AvgIpc) is 3.94. The summed E-state index contributed by atoms with van der Waals surface area (Å²) in [5.41, 5.74) is 12.9. The molecular formula is C57H37N5. The molecule has 0 aliphatic heterocycles. The second-order valence-corrected chi connectivity index (χ2v) is 15.7. The Labute approximate surface area is 358 Å². The molecule has 9 aromatic carbocycles. The van der Waals surface area contributed by atoms with E-state index in [1.807, 2.05) is 12.1 Å². The summed E-state index contributed by atoms with van der Waals surface area (Å²) in [6.45, 7) is 0. The summed E-state index contributed by atoms with van der Waals surface area (Å²) in [7, 11) is 0. The standard InChI is InChI=1S/C57H37N5/c1-4-15-38(16-5-1)40-19-12-21-43(33-40)55-58-56(44-22-13-20-41(34-44)39-17-6-2-7-18-39)60-57(59-55)45-23-14-26-47(35-45)62-53-28-11-10-27-48(53)51-36-42-29-30-52-49(50(42)37-54(51)62)31-32-61(52)46-24-8-3-9-25-46/h1-37H. The Morgan fingerprint density at radius 3 is 1.42 bits per heavy atom. The molecule has 0 saturated heterocycles. The lowest BCUT2D eigenvalue weighted by Crippen LogP contribution is -2.01. The Morgan fingerprint density at radius 1 is 0.274 bits per heavy atom. The van der Waals surface area contributed by atoms with Crippen LogP contribution in [0.3, 0.4) is 0 Å². The summed E-state index contributed by atoms with van der Waals surface area (Å²) in [5, 5.41) is 6.06. The third kappa shape index (κ3) is 6.14. The molecule has 0 atom stereocenters. The minimum atomic E-state index is 0.609. The fourth-order valence-corrected chi connectivity index (χ4v) is 8.99. The van der Waals surface area contributed by atoms with Crippen molar-refractivity contribution in [3.8, 4) is 67.8 Å². The van der Waals surface area contributed by atoms with E-state index in [1.165, 1.54) is 32.4 Å².